The van der Waals surface area contributed by atoms with Crippen molar-refractivity contribution < 1.29 is 22.7 Å². The van der Waals surface area contributed by atoms with Gasteiger partial charge in [0.05, 0.1) is 23.7 Å². The summed E-state index contributed by atoms with van der Waals surface area (Å²) in [7, 11) is -2.56. The smallest absolute Gasteiger partial charge is 0.337 e. The molecule has 0 unspecified atom stereocenters. The van der Waals surface area contributed by atoms with E-state index in [9.17, 15) is 13.2 Å². The molecule has 0 aromatic heterocycles. The predicted molar refractivity (Wildman–Crippen MR) is 97.9 cm³/mol. The molecule has 3 rings (SSSR count). The van der Waals surface area contributed by atoms with Crippen molar-refractivity contribution in [2.24, 2.45) is 0 Å². The second kappa shape index (κ2) is 7.78. The van der Waals surface area contributed by atoms with E-state index < -0.39 is 16.0 Å². The fourth-order valence-corrected chi connectivity index (χ4v) is 4.03. The summed E-state index contributed by atoms with van der Waals surface area (Å²) in [5.41, 5.74) is 0.600. The van der Waals surface area contributed by atoms with Crippen LogP contribution in [0.4, 0.5) is 5.69 Å². The minimum atomic E-state index is -3.81. The number of ether oxygens (including phenoxy) is 2. The van der Waals surface area contributed by atoms with E-state index in [2.05, 4.69) is 9.46 Å². The van der Waals surface area contributed by atoms with Gasteiger partial charge in [-0.05, 0) is 68.1 Å². The fraction of sp³-hybridized carbons (Fsp3) is 0.316. The van der Waals surface area contributed by atoms with Gasteiger partial charge in [0.2, 0.25) is 0 Å². The van der Waals surface area contributed by atoms with E-state index in [1.54, 1.807) is 24.3 Å². The van der Waals surface area contributed by atoms with Gasteiger partial charge in [0.1, 0.15) is 5.75 Å². The van der Waals surface area contributed by atoms with Crippen LogP contribution in [-0.2, 0) is 14.8 Å². The molecule has 0 spiro atoms. The first-order chi connectivity index (χ1) is 12.5. The van der Waals surface area contributed by atoms with Gasteiger partial charge in [-0.1, -0.05) is 6.07 Å². The topological polar surface area (TPSA) is 81.7 Å². The maximum absolute atomic E-state index is 12.5. The summed E-state index contributed by atoms with van der Waals surface area (Å²) in [4.78, 5) is 11.6. The molecule has 0 bridgehead atoms. The molecule has 0 saturated heterocycles. The van der Waals surface area contributed by atoms with Crippen molar-refractivity contribution in [3.63, 3.8) is 0 Å². The molecule has 0 heterocycles. The SMILES string of the molecule is COC(=O)c1cccc(S(=O)(=O)Nc2ccc(OC3CCCC3)cc2)c1. The van der Waals surface area contributed by atoms with Crippen LogP contribution >= 0.6 is 0 Å². The van der Waals surface area contributed by atoms with Gasteiger partial charge in [0.25, 0.3) is 10.0 Å². The van der Waals surface area contributed by atoms with E-state index in [0.717, 1.165) is 18.6 Å². The van der Waals surface area contributed by atoms with Crippen LogP contribution in [0.2, 0.25) is 0 Å². The number of anilines is 1. The lowest BCUT2D eigenvalue weighted by Crippen LogP contribution is -2.14. The third kappa shape index (κ3) is 4.35. The molecule has 138 valence electrons. The van der Waals surface area contributed by atoms with Crippen LogP contribution in [0.25, 0.3) is 0 Å². The van der Waals surface area contributed by atoms with Crippen LogP contribution in [0.15, 0.2) is 53.4 Å². The Morgan fingerprint density at radius 2 is 1.77 bits per heavy atom. The third-order valence-electron chi connectivity index (χ3n) is 4.28. The Kier molecular flexibility index (Phi) is 5.46. The van der Waals surface area contributed by atoms with Crippen LogP contribution in [0.1, 0.15) is 36.0 Å². The van der Waals surface area contributed by atoms with Crippen LogP contribution < -0.4 is 9.46 Å². The third-order valence-corrected chi connectivity index (χ3v) is 5.66. The lowest BCUT2D eigenvalue weighted by Gasteiger charge is -2.14. The van der Waals surface area contributed by atoms with Crippen LogP contribution in [0, 0.1) is 0 Å². The summed E-state index contributed by atoms with van der Waals surface area (Å²) in [6, 6.07) is 12.5. The Hall–Kier alpha value is -2.54. The zero-order valence-corrected chi connectivity index (χ0v) is 15.3. The highest BCUT2D eigenvalue weighted by atomic mass is 32.2. The van der Waals surface area contributed by atoms with Gasteiger partial charge in [0.15, 0.2) is 0 Å². The van der Waals surface area contributed by atoms with Crippen molar-refractivity contribution in [3.05, 3.63) is 54.1 Å². The highest BCUT2D eigenvalue weighted by Crippen LogP contribution is 2.26. The standard InChI is InChI=1S/C19H21NO5S/c1-24-19(21)14-5-4-8-18(13-14)26(22,23)20-15-9-11-17(12-10-15)25-16-6-2-3-7-16/h4-5,8-13,16,20H,2-3,6-7H2,1H3. The number of carbonyl (C=O) groups excluding carboxylic acids is 1. The lowest BCUT2D eigenvalue weighted by atomic mass is 10.2. The molecule has 0 atom stereocenters. The van der Waals surface area contributed by atoms with E-state index in [0.29, 0.717) is 5.69 Å². The second-order valence-corrected chi connectivity index (χ2v) is 7.86. The van der Waals surface area contributed by atoms with E-state index in [1.165, 1.54) is 44.2 Å². The molecule has 0 radical (unpaired) electrons. The second-order valence-electron chi connectivity index (χ2n) is 6.17. The molecule has 6 nitrogen and oxygen atoms in total. The largest absolute Gasteiger partial charge is 0.490 e. The molecule has 1 N–H and O–H groups in total. The molecule has 1 fully saturated rings. The van der Waals surface area contributed by atoms with Crippen molar-refractivity contribution in [1.29, 1.82) is 0 Å². The highest BCUT2D eigenvalue weighted by Gasteiger charge is 2.18. The summed E-state index contributed by atoms with van der Waals surface area (Å²) < 4.78 is 38.1. The zero-order valence-electron chi connectivity index (χ0n) is 14.5. The molecule has 1 aliphatic rings. The van der Waals surface area contributed by atoms with Gasteiger partial charge in [-0.3, -0.25) is 4.72 Å². The Labute approximate surface area is 153 Å². The predicted octanol–water partition coefficient (Wildman–Crippen LogP) is 3.60. The first kappa shape index (κ1) is 18.3. The molecule has 26 heavy (non-hydrogen) atoms. The van der Waals surface area contributed by atoms with E-state index in [4.69, 9.17) is 4.74 Å². The lowest BCUT2D eigenvalue weighted by molar-refractivity contribution is 0.0600. The number of sulfonamides is 1. The minimum Gasteiger partial charge on any atom is -0.490 e. The minimum absolute atomic E-state index is 0.00770. The van der Waals surface area contributed by atoms with Gasteiger partial charge in [-0.25, -0.2) is 13.2 Å². The number of methoxy groups -OCH3 is 1. The number of carbonyl (C=O) groups is 1. The number of hydrogen-bond donors (Lipinski definition) is 1. The van der Waals surface area contributed by atoms with Crippen molar-refractivity contribution in [2.45, 2.75) is 36.7 Å². The summed E-state index contributed by atoms with van der Waals surface area (Å²) in [5.74, 6) is 0.142. The van der Waals surface area contributed by atoms with Gasteiger partial charge < -0.3 is 9.47 Å². The van der Waals surface area contributed by atoms with E-state index >= 15 is 0 Å². The number of esters is 1. The van der Waals surface area contributed by atoms with E-state index in [-0.39, 0.29) is 16.6 Å². The molecule has 7 heteroatoms. The Balaban J connectivity index is 1.71. The molecule has 2 aromatic rings. The number of nitrogens with one attached hydrogen (secondary N) is 1. The van der Waals surface area contributed by atoms with Crippen molar-refractivity contribution >= 4 is 21.7 Å². The normalized spacial score (nSPS) is 14.8. The molecule has 0 amide bonds. The summed E-state index contributed by atoms with van der Waals surface area (Å²) in [5, 5.41) is 0. The maximum atomic E-state index is 12.5. The van der Waals surface area contributed by atoms with E-state index in [1.807, 2.05) is 0 Å². The first-order valence-electron chi connectivity index (χ1n) is 8.46. The van der Waals surface area contributed by atoms with Crippen LogP contribution in [0.5, 0.6) is 5.75 Å². The van der Waals surface area contributed by atoms with Gasteiger partial charge in [-0.2, -0.15) is 0 Å². The number of benzene rings is 2. The van der Waals surface area contributed by atoms with Gasteiger partial charge >= 0.3 is 5.97 Å². The molecule has 1 saturated carbocycles. The molecule has 1 aliphatic carbocycles. The molecular weight excluding hydrogens is 354 g/mol. The fourth-order valence-electron chi connectivity index (χ4n) is 2.92. The molecule has 0 aliphatic heterocycles. The maximum Gasteiger partial charge on any atom is 0.337 e. The van der Waals surface area contributed by atoms with Crippen LogP contribution in [0.3, 0.4) is 0 Å². The Morgan fingerprint density at radius 1 is 1.08 bits per heavy atom. The monoisotopic (exact) mass is 375 g/mol. The van der Waals surface area contributed by atoms with Crippen molar-refractivity contribution in [2.75, 3.05) is 11.8 Å². The Morgan fingerprint density at radius 3 is 2.42 bits per heavy atom. The molecular formula is C19H21NO5S. The van der Waals surface area contributed by atoms with Crippen molar-refractivity contribution in [1.82, 2.24) is 0 Å². The average molecular weight is 375 g/mol. The zero-order chi connectivity index (χ0) is 18.6. The van der Waals surface area contributed by atoms with Crippen molar-refractivity contribution in [3.8, 4) is 5.75 Å². The summed E-state index contributed by atoms with van der Waals surface area (Å²) >= 11 is 0. The highest BCUT2D eigenvalue weighted by molar-refractivity contribution is 7.92. The average Bonchev–Trinajstić information content (AvgIpc) is 3.15. The number of hydrogen-bond acceptors (Lipinski definition) is 5. The number of rotatable bonds is 6. The summed E-state index contributed by atoms with van der Waals surface area (Å²) in [6.45, 7) is 0. The molecule has 2 aromatic carbocycles. The Bertz CT molecular complexity index is 871. The van der Waals surface area contributed by atoms with Gasteiger partial charge in [-0.15, -0.1) is 0 Å². The summed E-state index contributed by atoms with van der Waals surface area (Å²) in [6.07, 6.45) is 4.74. The van der Waals surface area contributed by atoms with Gasteiger partial charge in [0, 0.05) is 5.69 Å². The first-order valence-corrected chi connectivity index (χ1v) is 9.94. The van der Waals surface area contributed by atoms with Crippen LogP contribution in [-0.4, -0.2) is 27.6 Å². The quantitative estimate of drug-likeness (QED) is 0.780.